The fourth-order valence-corrected chi connectivity index (χ4v) is 2.48. The largest absolute Gasteiger partial charge is 0.465 e. The molecule has 3 amide bonds. The number of carbonyl (C=O) groups excluding carboxylic acids is 3. The molecular weight excluding hydrogens is 340 g/mol. The van der Waals surface area contributed by atoms with Crippen LogP contribution in [0, 0.1) is 6.92 Å². The number of aromatic amines is 1. The number of aromatic nitrogens is 2. The van der Waals surface area contributed by atoms with Crippen molar-refractivity contribution >= 4 is 29.7 Å². The van der Waals surface area contributed by atoms with Crippen LogP contribution in [0.3, 0.4) is 0 Å². The lowest BCUT2D eigenvalue weighted by atomic mass is 10.2. The Hall–Kier alpha value is -2.40. The molecule has 1 aromatic rings. The van der Waals surface area contributed by atoms with Crippen LogP contribution in [0.15, 0.2) is 9.82 Å². The predicted octanol–water partition coefficient (Wildman–Crippen LogP) is -0.571. The van der Waals surface area contributed by atoms with Crippen LogP contribution in [-0.2, 0) is 14.3 Å². The monoisotopic (exact) mass is 358 g/mol. The third-order valence-corrected chi connectivity index (χ3v) is 3.64. The Labute approximate surface area is 141 Å². The van der Waals surface area contributed by atoms with Gasteiger partial charge in [0.15, 0.2) is 0 Å². The van der Waals surface area contributed by atoms with Gasteiger partial charge in [-0.3, -0.25) is 10.1 Å². The van der Waals surface area contributed by atoms with Crippen LogP contribution in [0.4, 0.5) is 4.79 Å². The normalized spacial score (nSPS) is 10.1. The minimum atomic E-state index is -0.684. The van der Waals surface area contributed by atoms with E-state index >= 15 is 0 Å². The van der Waals surface area contributed by atoms with E-state index in [0.29, 0.717) is 6.61 Å². The number of nitrogens with one attached hydrogen (secondary N) is 3. The van der Waals surface area contributed by atoms with Crippen LogP contribution in [-0.4, -0.2) is 61.0 Å². The Balaban J connectivity index is 2.70. The first-order valence-corrected chi connectivity index (χ1v) is 7.76. The van der Waals surface area contributed by atoms with Gasteiger partial charge in [-0.25, -0.2) is 14.4 Å². The number of methoxy groups -OCH3 is 2. The Morgan fingerprint density at radius 2 is 2.00 bits per heavy atom. The van der Waals surface area contributed by atoms with Gasteiger partial charge in [-0.1, -0.05) is 11.8 Å². The third kappa shape index (κ3) is 6.01. The summed E-state index contributed by atoms with van der Waals surface area (Å²) in [6.07, 6.45) is 0. The van der Waals surface area contributed by atoms with Crippen molar-refractivity contribution in [3.8, 4) is 0 Å². The van der Waals surface area contributed by atoms with Gasteiger partial charge in [0.1, 0.15) is 10.6 Å². The Kier molecular flexibility index (Phi) is 7.92. The average molecular weight is 358 g/mol. The van der Waals surface area contributed by atoms with E-state index in [-0.39, 0.29) is 28.6 Å². The number of urea groups is 1. The molecule has 11 heteroatoms. The standard InChI is InChI=1S/C13H18N4O6S/c1-7-9(11(19)23-3)10(17-13(21)15-7)24-6-8(18)16-12(20)14-4-5-22-2/h4-6H2,1-3H3,(H,15,17,21)(H2,14,16,18,20). The molecule has 0 aliphatic rings. The van der Waals surface area contributed by atoms with Crippen LogP contribution < -0.4 is 16.3 Å². The second-order valence-corrected chi connectivity index (χ2v) is 5.39. The fraction of sp³-hybridized carbons (Fsp3) is 0.462. The molecular formula is C13H18N4O6S. The summed E-state index contributed by atoms with van der Waals surface area (Å²) in [4.78, 5) is 52.4. The number of esters is 1. The molecule has 1 heterocycles. The molecule has 0 spiro atoms. The molecule has 10 nitrogen and oxygen atoms in total. The van der Waals surface area contributed by atoms with Crippen molar-refractivity contribution < 1.29 is 23.9 Å². The number of carbonyl (C=O) groups is 3. The number of hydrogen-bond acceptors (Lipinski definition) is 8. The van der Waals surface area contributed by atoms with Gasteiger partial charge in [0.2, 0.25) is 5.91 Å². The quantitative estimate of drug-likeness (QED) is 0.255. The maximum atomic E-state index is 11.8. The molecule has 1 aromatic heterocycles. The van der Waals surface area contributed by atoms with Gasteiger partial charge in [-0.05, 0) is 6.92 Å². The lowest BCUT2D eigenvalue weighted by Crippen LogP contribution is -2.41. The Morgan fingerprint density at radius 1 is 1.29 bits per heavy atom. The van der Waals surface area contributed by atoms with Crippen molar-refractivity contribution in [3.63, 3.8) is 0 Å². The minimum absolute atomic E-state index is 0.0537. The lowest BCUT2D eigenvalue weighted by molar-refractivity contribution is -0.117. The summed E-state index contributed by atoms with van der Waals surface area (Å²) in [5.41, 5.74) is -0.304. The van der Waals surface area contributed by atoms with Gasteiger partial charge in [-0.15, -0.1) is 0 Å². The smallest absolute Gasteiger partial charge is 0.346 e. The number of rotatable bonds is 7. The summed E-state index contributed by atoms with van der Waals surface area (Å²) in [6, 6.07) is -0.666. The number of H-pyrrole nitrogens is 1. The topological polar surface area (TPSA) is 139 Å². The highest BCUT2D eigenvalue weighted by molar-refractivity contribution is 8.00. The molecule has 0 aliphatic heterocycles. The molecule has 0 radical (unpaired) electrons. The molecule has 0 saturated heterocycles. The zero-order chi connectivity index (χ0) is 18.1. The van der Waals surface area contributed by atoms with Crippen molar-refractivity contribution in [1.29, 1.82) is 0 Å². The number of aryl methyl sites for hydroxylation is 1. The zero-order valence-corrected chi connectivity index (χ0v) is 14.2. The van der Waals surface area contributed by atoms with E-state index in [2.05, 4.69) is 25.3 Å². The van der Waals surface area contributed by atoms with Gasteiger partial charge in [0, 0.05) is 19.3 Å². The van der Waals surface area contributed by atoms with Gasteiger partial charge >= 0.3 is 17.7 Å². The Bertz CT molecular complexity index is 675. The average Bonchev–Trinajstić information content (AvgIpc) is 2.52. The van der Waals surface area contributed by atoms with Crippen molar-refractivity contribution in [3.05, 3.63) is 21.7 Å². The highest BCUT2D eigenvalue weighted by Gasteiger charge is 2.19. The SMILES string of the molecule is COCCNC(=O)NC(=O)CSc1nc(=O)[nH]c(C)c1C(=O)OC. The Morgan fingerprint density at radius 3 is 2.62 bits per heavy atom. The van der Waals surface area contributed by atoms with E-state index in [1.807, 2.05) is 0 Å². The van der Waals surface area contributed by atoms with Crippen molar-refractivity contribution in [1.82, 2.24) is 20.6 Å². The predicted molar refractivity (Wildman–Crippen MR) is 85.1 cm³/mol. The van der Waals surface area contributed by atoms with Crippen LogP contribution in [0.25, 0.3) is 0 Å². The molecule has 0 aromatic carbocycles. The molecule has 0 unspecified atom stereocenters. The molecule has 24 heavy (non-hydrogen) atoms. The summed E-state index contributed by atoms with van der Waals surface area (Å²) < 4.78 is 9.39. The number of nitrogens with zero attached hydrogens (tertiary/aromatic N) is 1. The molecule has 0 saturated carbocycles. The molecule has 132 valence electrons. The van der Waals surface area contributed by atoms with Crippen molar-refractivity contribution in [2.75, 3.05) is 33.1 Å². The van der Waals surface area contributed by atoms with Gasteiger partial charge in [-0.2, -0.15) is 4.98 Å². The van der Waals surface area contributed by atoms with Gasteiger partial charge < -0.3 is 19.8 Å². The molecule has 0 fully saturated rings. The molecule has 0 bridgehead atoms. The summed E-state index contributed by atoms with van der Waals surface area (Å²) >= 11 is 0.849. The van der Waals surface area contributed by atoms with Crippen LogP contribution in [0.2, 0.25) is 0 Å². The number of amides is 3. The van der Waals surface area contributed by atoms with E-state index in [0.717, 1.165) is 11.8 Å². The van der Waals surface area contributed by atoms with Crippen molar-refractivity contribution in [2.24, 2.45) is 0 Å². The molecule has 3 N–H and O–H groups in total. The molecule has 1 rings (SSSR count). The fourth-order valence-electron chi connectivity index (χ4n) is 1.61. The first-order valence-electron chi connectivity index (χ1n) is 6.77. The first-order chi connectivity index (χ1) is 11.4. The van der Waals surface area contributed by atoms with Crippen LogP contribution in [0.1, 0.15) is 16.1 Å². The number of ether oxygens (including phenoxy) is 2. The summed E-state index contributed by atoms with van der Waals surface area (Å²) in [6.45, 7) is 2.08. The van der Waals surface area contributed by atoms with E-state index in [9.17, 15) is 19.2 Å². The maximum absolute atomic E-state index is 11.8. The highest BCUT2D eigenvalue weighted by atomic mass is 32.2. The first kappa shape index (κ1) is 19.6. The van der Waals surface area contributed by atoms with Crippen molar-refractivity contribution in [2.45, 2.75) is 11.9 Å². The summed E-state index contributed by atoms with van der Waals surface area (Å²) in [5.74, 6) is -1.50. The lowest BCUT2D eigenvalue weighted by Gasteiger charge is -2.09. The second kappa shape index (κ2) is 9.67. The minimum Gasteiger partial charge on any atom is -0.465 e. The highest BCUT2D eigenvalue weighted by Crippen LogP contribution is 2.21. The second-order valence-electron chi connectivity index (χ2n) is 4.42. The number of imide groups is 1. The summed E-state index contributed by atoms with van der Waals surface area (Å²) in [7, 11) is 2.68. The number of hydrogen-bond donors (Lipinski definition) is 3. The van der Waals surface area contributed by atoms with E-state index in [1.54, 1.807) is 0 Å². The third-order valence-electron chi connectivity index (χ3n) is 2.66. The van der Waals surface area contributed by atoms with Gasteiger partial charge in [0.05, 0.1) is 19.5 Å². The van der Waals surface area contributed by atoms with Crippen LogP contribution in [0.5, 0.6) is 0 Å². The van der Waals surface area contributed by atoms with Crippen LogP contribution >= 0.6 is 11.8 Å². The van der Waals surface area contributed by atoms with E-state index in [4.69, 9.17) is 4.74 Å². The van der Waals surface area contributed by atoms with E-state index < -0.39 is 23.6 Å². The summed E-state index contributed by atoms with van der Waals surface area (Å²) in [5, 5.41) is 4.58. The zero-order valence-electron chi connectivity index (χ0n) is 13.4. The maximum Gasteiger partial charge on any atom is 0.346 e. The molecule has 0 aliphatic carbocycles. The number of thioether (sulfide) groups is 1. The van der Waals surface area contributed by atoms with E-state index in [1.165, 1.54) is 21.1 Å². The van der Waals surface area contributed by atoms with Gasteiger partial charge in [0.25, 0.3) is 0 Å². The molecule has 0 atom stereocenters.